The first kappa shape index (κ1) is 15.6. The molecule has 0 aliphatic carbocycles. The van der Waals surface area contributed by atoms with Crippen molar-refractivity contribution >= 4 is 11.9 Å². The van der Waals surface area contributed by atoms with Crippen LogP contribution in [-0.4, -0.2) is 82.3 Å². The second kappa shape index (κ2) is 5.54. The van der Waals surface area contributed by atoms with Crippen molar-refractivity contribution in [3.05, 3.63) is 35.4 Å². The summed E-state index contributed by atoms with van der Waals surface area (Å²) in [6.45, 7) is 3.49. The number of hydrogen-bond donors (Lipinski definition) is 3. The molecule has 1 amide bonds. The third kappa shape index (κ3) is 2.40. The number of benzene rings is 1. The van der Waals surface area contributed by atoms with E-state index in [0.29, 0.717) is 31.6 Å². The summed E-state index contributed by atoms with van der Waals surface area (Å²) in [5, 5.41) is 22.4. The largest absolute Gasteiger partial charge is 0.478 e. The number of carboxylic acid groups (broad SMARTS) is 1. The van der Waals surface area contributed by atoms with Gasteiger partial charge in [-0.2, -0.15) is 0 Å². The van der Waals surface area contributed by atoms with E-state index in [4.69, 9.17) is 5.11 Å². The van der Waals surface area contributed by atoms with Crippen LogP contribution in [0, 0.1) is 0 Å². The SMILES string of the molecule is O=C(O)c1cccc(C(=O)N2CC3CC(O)CN3C3(CNC3)C2)c1. The lowest BCUT2D eigenvalue weighted by Crippen LogP contribution is -2.77. The number of aliphatic hydroxyl groups is 1. The monoisotopic (exact) mass is 331 g/mol. The van der Waals surface area contributed by atoms with Gasteiger partial charge in [0.15, 0.2) is 0 Å². The molecule has 1 aromatic rings. The molecule has 24 heavy (non-hydrogen) atoms. The maximum atomic E-state index is 12.9. The van der Waals surface area contributed by atoms with Crippen molar-refractivity contribution in [1.29, 1.82) is 0 Å². The van der Waals surface area contributed by atoms with Crippen LogP contribution in [0.1, 0.15) is 27.1 Å². The van der Waals surface area contributed by atoms with Crippen LogP contribution in [0.3, 0.4) is 0 Å². The Labute approximate surface area is 139 Å². The lowest BCUT2D eigenvalue weighted by molar-refractivity contribution is -0.0455. The van der Waals surface area contributed by atoms with Gasteiger partial charge in [0.2, 0.25) is 0 Å². The average Bonchev–Trinajstić information content (AvgIpc) is 2.92. The van der Waals surface area contributed by atoms with E-state index in [1.165, 1.54) is 12.1 Å². The van der Waals surface area contributed by atoms with Crippen molar-refractivity contribution in [3.63, 3.8) is 0 Å². The number of piperazine rings is 1. The van der Waals surface area contributed by atoms with Gasteiger partial charge in [0.1, 0.15) is 0 Å². The van der Waals surface area contributed by atoms with E-state index < -0.39 is 5.97 Å². The standard InChI is InChI=1S/C17H21N3O4/c21-14-5-13-6-19(10-17(8-18-9-17)20(13)7-14)15(22)11-2-1-3-12(4-11)16(23)24/h1-4,13-14,18,21H,5-10H2,(H,23,24). The van der Waals surface area contributed by atoms with Crippen LogP contribution >= 0.6 is 0 Å². The summed E-state index contributed by atoms with van der Waals surface area (Å²) in [6.07, 6.45) is 0.346. The molecule has 7 heteroatoms. The molecule has 0 radical (unpaired) electrons. The number of amides is 1. The summed E-state index contributed by atoms with van der Waals surface area (Å²) in [6, 6.07) is 6.36. The Morgan fingerprint density at radius 3 is 2.62 bits per heavy atom. The molecule has 0 aromatic heterocycles. The molecule has 3 saturated heterocycles. The maximum Gasteiger partial charge on any atom is 0.335 e. The molecule has 2 unspecified atom stereocenters. The fourth-order valence-corrected chi connectivity index (χ4v) is 4.26. The van der Waals surface area contributed by atoms with E-state index >= 15 is 0 Å². The van der Waals surface area contributed by atoms with Crippen LogP contribution in [0.5, 0.6) is 0 Å². The van der Waals surface area contributed by atoms with Gasteiger partial charge in [0.05, 0.1) is 17.2 Å². The highest BCUT2D eigenvalue weighted by molar-refractivity contribution is 5.97. The predicted octanol–water partition coefficient (Wildman–Crippen LogP) is -0.382. The van der Waals surface area contributed by atoms with Crippen molar-refractivity contribution in [3.8, 4) is 0 Å². The van der Waals surface area contributed by atoms with E-state index in [9.17, 15) is 14.7 Å². The molecule has 1 aromatic carbocycles. The van der Waals surface area contributed by atoms with Gasteiger partial charge in [-0.15, -0.1) is 0 Å². The number of carbonyl (C=O) groups is 2. The highest BCUT2D eigenvalue weighted by atomic mass is 16.4. The van der Waals surface area contributed by atoms with E-state index in [1.807, 2.05) is 4.90 Å². The van der Waals surface area contributed by atoms with E-state index in [0.717, 1.165) is 13.1 Å². The number of carbonyl (C=O) groups excluding carboxylic acids is 1. The van der Waals surface area contributed by atoms with Crippen LogP contribution in [0.2, 0.25) is 0 Å². The number of nitrogens with zero attached hydrogens (tertiary/aromatic N) is 2. The van der Waals surface area contributed by atoms with Gasteiger partial charge in [-0.25, -0.2) is 4.79 Å². The smallest absolute Gasteiger partial charge is 0.335 e. The number of carboxylic acids is 1. The van der Waals surface area contributed by atoms with Crippen molar-refractivity contribution in [2.75, 3.05) is 32.7 Å². The molecule has 3 aliphatic heterocycles. The number of hydrogen-bond acceptors (Lipinski definition) is 5. The van der Waals surface area contributed by atoms with Crippen LogP contribution in [0.25, 0.3) is 0 Å². The summed E-state index contributed by atoms with van der Waals surface area (Å²) in [5.74, 6) is -1.17. The van der Waals surface area contributed by atoms with Gasteiger partial charge in [0.25, 0.3) is 5.91 Å². The second-order valence-electron chi connectivity index (χ2n) is 7.10. The third-order valence-electron chi connectivity index (χ3n) is 5.47. The Morgan fingerprint density at radius 2 is 1.96 bits per heavy atom. The zero-order chi connectivity index (χ0) is 16.9. The molecule has 128 valence electrons. The minimum absolute atomic E-state index is 0.0968. The van der Waals surface area contributed by atoms with Crippen molar-refractivity contribution in [2.45, 2.75) is 24.1 Å². The molecular weight excluding hydrogens is 310 g/mol. The molecule has 0 bridgehead atoms. The first-order chi connectivity index (χ1) is 11.5. The molecule has 7 nitrogen and oxygen atoms in total. The normalized spacial score (nSPS) is 28.5. The number of fused-ring (bicyclic) bond motifs is 2. The van der Waals surface area contributed by atoms with Crippen LogP contribution in [-0.2, 0) is 0 Å². The van der Waals surface area contributed by atoms with Gasteiger partial charge < -0.3 is 20.4 Å². The number of aromatic carboxylic acids is 1. The van der Waals surface area contributed by atoms with Gasteiger partial charge in [-0.1, -0.05) is 6.07 Å². The second-order valence-corrected chi connectivity index (χ2v) is 7.10. The number of rotatable bonds is 2. The predicted molar refractivity (Wildman–Crippen MR) is 86.0 cm³/mol. The Bertz CT molecular complexity index is 688. The Kier molecular flexibility index (Phi) is 3.59. The van der Waals surface area contributed by atoms with Crippen LogP contribution in [0.4, 0.5) is 0 Å². The lowest BCUT2D eigenvalue weighted by atomic mass is 9.85. The minimum Gasteiger partial charge on any atom is -0.478 e. The molecule has 4 rings (SSSR count). The highest BCUT2D eigenvalue weighted by Crippen LogP contribution is 2.35. The van der Waals surface area contributed by atoms with Gasteiger partial charge in [0, 0.05) is 44.3 Å². The lowest BCUT2D eigenvalue weighted by Gasteiger charge is -2.57. The first-order valence-corrected chi connectivity index (χ1v) is 8.27. The summed E-state index contributed by atoms with van der Waals surface area (Å²) in [5.41, 5.74) is 0.431. The van der Waals surface area contributed by atoms with Crippen molar-refractivity contribution < 1.29 is 19.8 Å². The number of nitrogens with one attached hydrogen (secondary N) is 1. The van der Waals surface area contributed by atoms with E-state index in [2.05, 4.69) is 10.2 Å². The molecule has 2 atom stereocenters. The molecular formula is C17H21N3O4. The van der Waals surface area contributed by atoms with Crippen LogP contribution in [0.15, 0.2) is 24.3 Å². The summed E-state index contributed by atoms with van der Waals surface area (Å²) in [7, 11) is 0. The van der Waals surface area contributed by atoms with Gasteiger partial charge in [-0.3, -0.25) is 9.69 Å². The maximum absolute atomic E-state index is 12.9. The summed E-state index contributed by atoms with van der Waals surface area (Å²) >= 11 is 0. The first-order valence-electron chi connectivity index (χ1n) is 8.27. The average molecular weight is 331 g/mol. The third-order valence-corrected chi connectivity index (χ3v) is 5.47. The van der Waals surface area contributed by atoms with Crippen LogP contribution < -0.4 is 5.32 Å². The molecule has 1 spiro atoms. The molecule has 3 heterocycles. The topological polar surface area (TPSA) is 93.1 Å². The number of aliphatic hydroxyl groups excluding tert-OH is 1. The Balaban J connectivity index is 1.59. The van der Waals surface area contributed by atoms with Crippen molar-refractivity contribution in [1.82, 2.24) is 15.1 Å². The highest BCUT2D eigenvalue weighted by Gasteiger charge is 2.54. The zero-order valence-electron chi connectivity index (χ0n) is 13.3. The minimum atomic E-state index is -1.03. The van der Waals surface area contributed by atoms with Gasteiger partial charge in [-0.05, 0) is 24.6 Å². The quantitative estimate of drug-likeness (QED) is 0.684. The number of β-amino-alcohol motifs (C(OH)–C–C–N with tert-alkyl or cyclic N) is 1. The fraction of sp³-hybridized carbons (Fsp3) is 0.529. The van der Waals surface area contributed by atoms with E-state index in [-0.39, 0.29) is 29.2 Å². The summed E-state index contributed by atoms with van der Waals surface area (Å²) < 4.78 is 0. The van der Waals surface area contributed by atoms with Crippen molar-refractivity contribution in [2.24, 2.45) is 0 Å². The summed E-state index contributed by atoms with van der Waals surface area (Å²) in [4.78, 5) is 28.2. The molecule has 3 aliphatic rings. The molecule has 0 saturated carbocycles. The molecule has 3 fully saturated rings. The Morgan fingerprint density at radius 1 is 1.21 bits per heavy atom. The van der Waals surface area contributed by atoms with Gasteiger partial charge >= 0.3 is 5.97 Å². The fourth-order valence-electron chi connectivity index (χ4n) is 4.26. The van der Waals surface area contributed by atoms with E-state index in [1.54, 1.807) is 12.1 Å². The molecule has 3 N–H and O–H groups in total. The Hall–Kier alpha value is -1.96. The zero-order valence-corrected chi connectivity index (χ0v) is 13.3.